The van der Waals surface area contributed by atoms with Crippen LogP contribution in [-0.2, 0) is 9.53 Å². The van der Waals surface area contributed by atoms with E-state index in [0.717, 1.165) is 51.4 Å². The molecule has 0 amide bonds. The van der Waals surface area contributed by atoms with Crippen molar-refractivity contribution >= 4 is 5.97 Å². The van der Waals surface area contributed by atoms with E-state index in [9.17, 15) is 9.90 Å². The average molecular weight is 392 g/mol. The van der Waals surface area contributed by atoms with Gasteiger partial charge in [-0.1, -0.05) is 74.6 Å². The first-order valence-corrected chi connectivity index (χ1v) is 10.3. The van der Waals surface area contributed by atoms with Crippen molar-refractivity contribution in [1.29, 1.82) is 0 Å². The Labute approximate surface area is 172 Å². The van der Waals surface area contributed by atoms with Gasteiger partial charge < -0.3 is 20.8 Å². The summed E-state index contributed by atoms with van der Waals surface area (Å²) < 4.78 is 5.27. The van der Waals surface area contributed by atoms with Gasteiger partial charge in [-0.15, -0.1) is 0 Å². The third-order valence-corrected chi connectivity index (χ3v) is 3.88. The fourth-order valence-corrected chi connectivity index (χ4v) is 2.31. The van der Waals surface area contributed by atoms with E-state index >= 15 is 0 Å². The number of carbonyl (C=O) groups is 1. The molecule has 160 valence electrons. The minimum atomic E-state index is -1.12. The Morgan fingerprint density at radius 1 is 0.786 bits per heavy atom. The molecule has 0 saturated heterocycles. The van der Waals surface area contributed by atoms with E-state index in [1.165, 1.54) is 0 Å². The van der Waals surface area contributed by atoms with Crippen LogP contribution in [0.2, 0.25) is 0 Å². The van der Waals surface area contributed by atoms with Gasteiger partial charge in [0.15, 0.2) is 0 Å². The number of carboxylic acid groups (broad SMARTS) is 1. The second-order valence-electron chi connectivity index (χ2n) is 6.29. The fraction of sp³-hybridized carbons (Fsp3) is 0.542. The number of ether oxygens (including phenoxy) is 1. The third-order valence-electron chi connectivity index (χ3n) is 3.88. The second-order valence-corrected chi connectivity index (χ2v) is 6.29. The maximum Gasteiger partial charge on any atom is 0.0965 e. The van der Waals surface area contributed by atoms with Crippen LogP contribution in [0.15, 0.2) is 60.8 Å². The molecule has 0 heterocycles. The number of quaternary nitrogens is 1. The Morgan fingerprint density at radius 3 is 1.68 bits per heavy atom. The lowest BCUT2D eigenvalue weighted by atomic mass is 10.2. The van der Waals surface area contributed by atoms with Gasteiger partial charge in [0.05, 0.1) is 12.1 Å². The summed E-state index contributed by atoms with van der Waals surface area (Å²) in [4.78, 5) is 10.7. The number of aliphatic carboxylic acids is 1. The van der Waals surface area contributed by atoms with Crippen molar-refractivity contribution < 1.29 is 14.6 Å². The van der Waals surface area contributed by atoms with Crippen molar-refractivity contribution in [3.63, 3.8) is 0 Å². The Kier molecular flexibility index (Phi) is 23.4. The van der Waals surface area contributed by atoms with Crippen LogP contribution in [0.4, 0.5) is 0 Å². The fourth-order valence-electron chi connectivity index (χ4n) is 2.31. The number of unbranched alkanes of at least 4 members (excludes halogenated alkanes) is 2. The molecule has 0 aromatic heterocycles. The number of hydrogen-bond donors (Lipinski definition) is 1. The van der Waals surface area contributed by atoms with Crippen molar-refractivity contribution in [3.05, 3.63) is 60.8 Å². The van der Waals surface area contributed by atoms with E-state index in [1.807, 2.05) is 0 Å². The van der Waals surface area contributed by atoms with Crippen LogP contribution in [0.3, 0.4) is 0 Å². The smallest absolute Gasteiger partial charge is 0.0965 e. The van der Waals surface area contributed by atoms with Crippen LogP contribution in [0.25, 0.3) is 0 Å². The summed E-state index contributed by atoms with van der Waals surface area (Å²) in [6.45, 7) is 4.42. The monoisotopic (exact) mass is 391 g/mol. The first kappa shape index (κ1) is 28.3. The van der Waals surface area contributed by atoms with Gasteiger partial charge in [0.25, 0.3) is 0 Å². The lowest BCUT2D eigenvalue weighted by Gasteiger charge is -2.16. The standard InChI is InChI=1S/C24H38O3.H3N/c1-3-5-6-7-8-9-10-11-12-13-14-15-16-17-18-19-20-21-22-27-23(4-2)24(25)26;/h5-6,8-9,11-12,14-15,17-18,23H,3-4,7,10,13,16,19-22H2,1-2H3,(H,25,26);1H3/b6-5-,9-8-,12-11-,15-14-,18-17-;. The Bertz CT molecular complexity index is 490. The molecule has 4 nitrogen and oxygen atoms in total. The number of carbonyl (C=O) groups excluding carboxylic acids is 1. The summed E-state index contributed by atoms with van der Waals surface area (Å²) in [6.07, 6.45) is 29.5. The first-order chi connectivity index (χ1) is 13.2. The van der Waals surface area contributed by atoms with E-state index in [-0.39, 0.29) is 6.15 Å². The van der Waals surface area contributed by atoms with Gasteiger partial charge in [-0.2, -0.15) is 0 Å². The number of carboxylic acids is 1. The first-order valence-electron chi connectivity index (χ1n) is 10.3. The molecule has 4 heteroatoms. The van der Waals surface area contributed by atoms with Crippen LogP contribution < -0.4 is 11.3 Å². The van der Waals surface area contributed by atoms with Crippen molar-refractivity contribution in [2.24, 2.45) is 0 Å². The van der Waals surface area contributed by atoms with Crippen molar-refractivity contribution in [2.75, 3.05) is 6.61 Å². The molecule has 0 aliphatic rings. The van der Waals surface area contributed by atoms with Gasteiger partial charge >= 0.3 is 0 Å². The maximum absolute atomic E-state index is 10.7. The predicted molar refractivity (Wildman–Crippen MR) is 119 cm³/mol. The number of allylic oxidation sites excluding steroid dienone is 10. The van der Waals surface area contributed by atoms with Gasteiger partial charge in [0, 0.05) is 6.61 Å². The normalized spacial score (nSPS) is 13.4. The lowest BCUT2D eigenvalue weighted by molar-refractivity contribution is -0.317. The zero-order valence-electron chi connectivity index (χ0n) is 18.1. The SMILES string of the molecule is CC/C=C\C/C=C\C/C=C\C/C=C\C/C=C\CCCCOC(CC)C(=O)[O-].[NH4+]. The summed E-state index contributed by atoms with van der Waals surface area (Å²) >= 11 is 0. The van der Waals surface area contributed by atoms with Crippen LogP contribution in [-0.4, -0.2) is 18.7 Å². The van der Waals surface area contributed by atoms with Crippen molar-refractivity contribution in [1.82, 2.24) is 6.15 Å². The molecule has 1 unspecified atom stereocenters. The Morgan fingerprint density at radius 2 is 1.25 bits per heavy atom. The van der Waals surface area contributed by atoms with Gasteiger partial charge in [0.1, 0.15) is 0 Å². The van der Waals surface area contributed by atoms with Crippen LogP contribution in [0.1, 0.15) is 71.6 Å². The quantitative estimate of drug-likeness (QED) is 0.250. The third kappa shape index (κ3) is 20.4. The largest absolute Gasteiger partial charge is 0.547 e. The van der Waals surface area contributed by atoms with Crippen LogP contribution in [0, 0.1) is 0 Å². The van der Waals surface area contributed by atoms with Crippen molar-refractivity contribution in [3.8, 4) is 0 Å². The molecule has 0 spiro atoms. The summed E-state index contributed by atoms with van der Waals surface area (Å²) in [5.41, 5.74) is 0. The molecule has 0 bridgehead atoms. The molecular weight excluding hydrogens is 350 g/mol. The molecule has 1 atom stereocenters. The Balaban J connectivity index is 0. The molecule has 4 N–H and O–H groups in total. The molecule has 0 saturated carbocycles. The average Bonchev–Trinajstić information content (AvgIpc) is 2.66. The highest BCUT2D eigenvalue weighted by Crippen LogP contribution is 2.03. The molecule has 0 aromatic carbocycles. The zero-order chi connectivity index (χ0) is 20.0. The van der Waals surface area contributed by atoms with E-state index in [1.54, 1.807) is 6.92 Å². The summed E-state index contributed by atoms with van der Waals surface area (Å²) in [7, 11) is 0. The molecular formula is C24H41NO3. The minimum Gasteiger partial charge on any atom is -0.547 e. The topological polar surface area (TPSA) is 85.9 Å². The molecule has 0 aliphatic heterocycles. The van der Waals surface area contributed by atoms with Gasteiger partial charge in [-0.05, 0) is 57.8 Å². The predicted octanol–water partition coefficient (Wildman–Crippen LogP) is 5.83. The molecule has 28 heavy (non-hydrogen) atoms. The van der Waals surface area contributed by atoms with Crippen molar-refractivity contribution in [2.45, 2.75) is 77.7 Å². The van der Waals surface area contributed by atoms with Gasteiger partial charge in [-0.3, -0.25) is 0 Å². The molecule has 0 aliphatic carbocycles. The highest BCUT2D eigenvalue weighted by atomic mass is 16.5. The number of hydrogen-bond acceptors (Lipinski definition) is 3. The van der Waals surface area contributed by atoms with E-state index in [4.69, 9.17) is 4.74 Å². The lowest BCUT2D eigenvalue weighted by Crippen LogP contribution is -2.37. The second kappa shape index (κ2) is 23.1. The van der Waals surface area contributed by atoms with Crippen LogP contribution in [0.5, 0.6) is 0 Å². The minimum absolute atomic E-state index is 0. The molecule has 0 rings (SSSR count). The van der Waals surface area contributed by atoms with E-state index < -0.39 is 12.1 Å². The summed E-state index contributed by atoms with van der Waals surface area (Å²) in [5, 5.41) is 10.7. The Hall–Kier alpha value is -1.91. The van der Waals surface area contributed by atoms with E-state index in [0.29, 0.717) is 13.0 Å². The van der Waals surface area contributed by atoms with Gasteiger partial charge in [-0.25, -0.2) is 0 Å². The summed E-state index contributed by atoms with van der Waals surface area (Å²) in [6, 6.07) is 0. The zero-order valence-corrected chi connectivity index (χ0v) is 18.1. The van der Waals surface area contributed by atoms with Gasteiger partial charge in [0.2, 0.25) is 0 Å². The summed E-state index contributed by atoms with van der Waals surface area (Å²) in [5.74, 6) is -1.12. The van der Waals surface area contributed by atoms with E-state index in [2.05, 4.69) is 67.7 Å². The highest BCUT2D eigenvalue weighted by Gasteiger charge is 2.05. The maximum atomic E-state index is 10.7. The van der Waals surface area contributed by atoms with Crippen LogP contribution >= 0.6 is 0 Å². The highest BCUT2D eigenvalue weighted by molar-refractivity contribution is 5.69. The number of rotatable bonds is 17. The molecule has 0 radical (unpaired) electrons. The molecule has 0 aromatic rings. The molecule has 0 fully saturated rings.